The van der Waals surface area contributed by atoms with E-state index in [1.54, 1.807) is 0 Å². The van der Waals surface area contributed by atoms with E-state index in [2.05, 4.69) is 81.4 Å². The summed E-state index contributed by atoms with van der Waals surface area (Å²) in [5.74, 6) is 1.42. The Balaban J connectivity index is 1.40. The number of carbonyl (C=O) groups is 1. The highest BCUT2D eigenvalue weighted by molar-refractivity contribution is 5.83. The highest BCUT2D eigenvalue weighted by atomic mass is 16.5. The standard InChI is InChI=1S/C30H38O2/c1-22-14-19-27(30(2,3)26-12-8-5-9-13-26)28(20-22)32-29(31)21-23-15-17-25(18-16-23)24-10-6-4-7-11-24/h4-13,21-22,25,27-28H,14-20H2,1-3H3/t22-,25?,27-,28-/m1/s1. The van der Waals surface area contributed by atoms with Gasteiger partial charge in [0.25, 0.3) is 0 Å². The first-order valence-corrected chi connectivity index (χ1v) is 12.4. The molecule has 0 aliphatic heterocycles. The van der Waals surface area contributed by atoms with Gasteiger partial charge in [-0.1, -0.05) is 93.4 Å². The largest absolute Gasteiger partial charge is 0.459 e. The number of carbonyl (C=O) groups excluding carboxylic acids is 1. The molecule has 2 aliphatic carbocycles. The van der Waals surface area contributed by atoms with Gasteiger partial charge in [0.05, 0.1) is 0 Å². The number of ether oxygens (including phenoxy) is 1. The van der Waals surface area contributed by atoms with Gasteiger partial charge < -0.3 is 4.74 Å². The zero-order valence-electron chi connectivity index (χ0n) is 19.9. The average molecular weight is 431 g/mol. The molecular weight excluding hydrogens is 392 g/mol. The van der Waals surface area contributed by atoms with Gasteiger partial charge in [-0.05, 0) is 66.9 Å². The van der Waals surface area contributed by atoms with Crippen LogP contribution in [0.25, 0.3) is 0 Å². The Hall–Kier alpha value is -2.35. The Morgan fingerprint density at radius 1 is 0.906 bits per heavy atom. The number of hydrogen-bond donors (Lipinski definition) is 0. The molecule has 2 aromatic rings. The molecule has 0 N–H and O–H groups in total. The van der Waals surface area contributed by atoms with Crippen LogP contribution in [0.2, 0.25) is 0 Å². The van der Waals surface area contributed by atoms with E-state index in [1.165, 1.54) is 23.1 Å². The molecule has 3 atom stereocenters. The fourth-order valence-electron chi connectivity index (χ4n) is 5.91. The van der Waals surface area contributed by atoms with Crippen LogP contribution < -0.4 is 0 Å². The summed E-state index contributed by atoms with van der Waals surface area (Å²) in [5.41, 5.74) is 3.99. The lowest BCUT2D eigenvalue weighted by molar-refractivity contribution is -0.150. The maximum atomic E-state index is 12.9. The van der Waals surface area contributed by atoms with Crippen molar-refractivity contribution in [3.8, 4) is 0 Å². The average Bonchev–Trinajstić information content (AvgIpc) is 2.80. The summed E-state index contributed by atoms with van der Waals surface area (Å²) in [6.45, 7) is 6.91. The minimum Gasteiger partial charge on any atom is -0.459 e. The lowest BCUT2D eigenvalue weighted by Gasteiger charge is -2.43. The Morgan fingerprint density at radius 3 is 2.19 bits per heavy atom. The van der Waals surface area contributed by atoms with E-state index in [-0.39, 0.29) is 17.5 Å². The second-order valence-corrected chi connectivity index (χ2v) is 10.6. The van der Waals surface area contributed by atoms with E-state index < -0.39 is 0 Å². The molecule has 2 nitrogen and oxygen atoms in total. The third-order valence-corrected chi connectivity index (χ3v) is 7.99. The molecule has 2 saturated carbocycles. The first-order valence-electron chi connectivity index (χ1n) is 12.4. The van der Waals surface area contributed by atoms with Crippen LogP contribution in [-0.2, 0) is 14.9 Å². The number of esters is 1. The van der Waals surface area contributed by atoms with E-state index >= 15 is 0 Å². The van der Waals surface area contributed by atoms with Gasteiger partial charge in [0.15, 0.2) is 0 Å². The van der Waals surface area contributed by atoms with Crippen molar-refractivity contribution in [3.05, 3.63) is 83.4 Å². The van der Waals surface area contributed by atoms with Gasteiger partial charge in [-0.2, -0.15) is 0 Å². The summed E-state index contributed by atoms with van der Waals surface area (Å²) in [4.78, 5) is 12.9. The van der Waals surface area contributed by atoms with E-state index in [0.29, 0.717) is 17.8 Å². The quantitative estimate of drug-likeness (QED) is 0.361. The maximum Gasteiger partial charge on any atom is 0.330 e. The summed E-state index contributed by atoms with van der Waals surface area (Å²) < 4.78 is 6.18. The van der Waals surface area contributed by atoms with Crippen molar-refractivity contribution >= 4 is 5.97 Å². The van der Waals surface area contributed by atoms with Crippen LogP contribution in [0.1, 0.15) is 82.8 Å². The van der Waals surface area contributed by atoms with Crippen molar-refractivity contribution in [3.63, 3.8) is 0 Å². The van der Waals surface area contributed by atoms with Gasteiger partial charge in [-0.3, -0.25) is 0 Å². The van der Waals surface area contributed by atoms with Crippen LogP contribution in [0.5, 0.6) is 0 Å². The third kappa shape index (κ3) is 5.34. The number of hydrogen-bond acceptors (Lipinski definition) is 2. The van der Waals surface area contributed by atoms with E-state index in [4.69, 9.17) is 4.74 Å². The van der Waals surface area contributed by atoms with Crippen LogP contribution in [0.15, 0.2) is 72.3 Å². The molecule has 0 aromatic heterocycles. The van der Waals surface area contributed by atoms with E-state index in [9.17, 15) is 4.79 Å². The predicted molar refractivity (Wildman–Crippen MR) is 132 cm³/mol. The lowest BCUT2D eigenvalue weighted by atomic mass is 9.64. The SMILES string of the molecule is C[C@@H]1CC[C@@H](C(C)(C)c2ccccc2)[C@H](OC(=O)C=C2CCC(c3ccccc3)CC2)C1. The van der Waals surface area contributed by atoms with Crippen LogP contribution >= 0.6 is 0 Å². The Bertz CT molecular complexity index is 902. The van der Waals surface area contributed by atoms with E-state index in [1.807, 2.05) is 6.08 Å². The second kappa shape index (κ2) is 10.1. The van der Waals surface area contributed by atoms with Crippen molar-refractivity contribution in [1.29, 1.82) is 0 Å². The first-order chi connectivity index (χ1) is 15.4. The minimum atomic E-state index is -0.133. The molecule has 170 valence electrons. The number of benzene rings is 2. The summed E-state index contributed by atoms with van der Waals surface area (Å²) in [6.07, 6.45) is 9.30. The molecule has 0 spiro atoms. The monoisotopic (exact) mass is 430 g/mol. The van der Waals surface area contributed by atoms with Gasteiger partial charge >= 0.3 is 5.97 Å². The predicted octanol–water partition coefficient (Wildman–Crippen LogP) is 7.60. The molecule has 0 radical (unpaired) electrons. The summed E-state index contributed by atoms with van der Waals surface area (Å²) >= 11 is 0. The van der Waals surface area contributed by atoms with Gasteiger partial charge in [0, 0.05) is 12.0 Å². The smallest absolute Gasteiger partial charge is 0.330 e. The van der Waals surface area contributed by atoms with Gasteiger partial charge in [0.2, 0.25) is 0 Å². The van der Waals surface area contributed by atoms with Gasteiger partial charge in [0.1, 0.15) is 6.10 Å². The topological polar surface area (TPSA) is 26.3 Å². The highest BCUT2D eigenvalue weighted by Gasteiger charge is 2.41. The molecule has 2 heteroatoms. The van der Waals surface area contributed by atoms with Crippen molar-refractivity contribution < 1.29 is 9.53 Å². The molecular formula is C30H38O2. The molecule has 2 aliphatic rings. The molecule has 4 rings (SSSR count). The second-order valence-electron chi connectivity index (χ2n) is 10.6. The minimum absolute atomic E-state index is 0.0148. The molecule has 0 amide bonds. The molecule has 0 heterocycles. The fraction of sp³-hybridized carbons (Fsp3) is 0.500. The highest BCUT2D eigenvalue weighted by Crippen LogP contribution is 2.44. The molecule has 2 aromatic carbocycles. The van der Waals surface area contributed by atoms with Crippen LogP contribution in [-0.4, -0.2) is 12.1 Å². The Labute approximate surface area is 194 Å². The number of rotatable bonds is 5. The molecule has 2 fully saturated rings. The Kier molecular flexibility index (Phi) is 7.18. The zero-order chi connectivity index (χ0) is 22.6. The lowest BCUT2D eigenvalue weighted by Crippen LogP contribution is -2.43. The van der Waals surface area contributed by atoms with Crippen LogP contribution in [0.4, 0.5) is 0 Å². The molecule has 0 unspecified atom stereocenters. The third-order valence-electron chi connectivity index (χ3n) is 7.99. The van der Waals surface area contributed by atoms with Crippen molar-refractivity contribution in [2.75, 3.05) is 0 Å². The maximum absolute atomic E-state index is 12.9. The van der Waals surface area contributed by atoms with Crippen LogP contribution in [0.3, 0.4) is 0 Å². The molecule has 0 bridgehead atoms. The summed E-state index contributed by atoms with van der Waals surface area (Å²) in [5, 5.41) is 0. The van der Waals surface area contributed by atoms with Crippen molar-refractivity contribution in [2.45, 2.75) is 83.2 Å². The van der Waals surface area contributed by atoms with Gasteiger partial charge in [-0.15, -0.1) is 0 Å². The van der Waals surface area contributed by atoms with Crippen molar-refractivity contribution in [2.24, 2.45) is 11.8 Å². The first kappa shape index (κ1) is 22.8. The number of allylic oxidation sites excluding steroid dienone is 1. The normalized spacial score (nSPS) is 26.4. The molecule has 32 heavy (non-hydrogen) atoms. The molecule has 0 saturated heterocycles. The van der Waals surface area contributed by atoms with Gasteiger partial charge in [-0.25, -0.2) is 4.79 Å². The van der Waals surface area contributed by atoms with Crippen LogP contribution in [0, 0.1) is 11.8 Å². The van der Waals surface area contributed by atoms with Crippen molar-refractivity contribution in [1.82, 2.24) is 0 Å². The fourth-order valence-corrected chi connectivity index (χ4v) is 5.91. The summed E-state index contributed by atoms with van der Waals surface area (Å²) in [6, 6.07) is 21.5. The Morgan fingerprint density at radius 2 is 1.53 bits per heavy atom. The zero-order valence-corrected chi connectivity index (χ0v) is 19.9. The summed E-state index contributed by atoms with van der Waals surface area (Å²) in [7, 11) is 0. The van der Waals surface area contributed by atoms with E-state index in [0.717, 1.165) is 38.5 Å².